The van der Waals surface area contributed by atoms with Gasteiger partial charge < -0.3 is 0 Å². The van der Waals surface area contributed by atoms with Crippen LogP contribution in [0.5, 0.6) is 0 Å². The predicted octanol–water partition coefficient (Wildman–Crippen LogP) is 3.53. The Kier molecular flexibility index (Phi) is 3.93. The van der Waals surface area contributed by atoms with Crippen molar-refractivity contribution in [1.82, 2.24) is 14.5 Å². The summed E-state index contributed by atoms with van der Waals surface area (Å²) in [7, 11) is -3.73. The van der Waals surface area contributed by atoms with Gasteiger partial charge >= 0.3 is 0 Å². The fourth-order valence-electron chi connectivity index (χ4n) is 2.77. The molecule has 0 saturated carbocycles. The van der Waals surface area contributed by atoms with Crippen molar-refractivity contribution < 1.29 is 8.42 Å². The summed E-state index contributed by atoms with van der Waals surface area (Å²) in [6.07, 6.45) is 3.24. The summed E-state index contributed by atoms with van der Waals surface area (Å²) in [6.45, 7) is 1.91. The maximum Gasteiger partial charge on any atom is 0.263 e. The minimum atomic E-state index is -3.73. The van der Waals surface area contributed by atoms with Crippen molar-refractivity contribution in [2.45, 2.75) is 11.8 Å². The zero-order chi connectivity index (χ0) is 18.1. The molecular formula is C19H16N4O2S. The van der Waals surface area contributed by atoms with Gasteiger partial charge in [-0.3, -0.25) is 9.29 Å². The highest BCUT2D eigenvalue weighted by atomic mass is 32.2. The number of hydrogen-bond donors (Lipinski definition) is 1. The lowest BCUT2D eigenvalue weighted by molar-refractivity contribution is 0.601. The summed E-state index contributed by atoms with van der Waals surface area (Å²) in [5.41, 5.74) is 1.82. The molecule has 130 valence electrons. The number of benzene rings is 2. The Morgan fingerprint density at radius 2 is 1.62 bits per heavy atom. The Morgan fingerprint density at radius 3 is 2.35 bits per heavy atom. The fourth-order valence-corrected chi connectivity index (χ4v) is 3.80. The molecule has 0 aliphatic rings. The first-order valence-corrected chi connectivity index (χ1v) is 9.50. The topological polar surface area (TPSA) is 76.9 Å². The Labute approximate surface area is 151 Å². The van der Waals surface area contributed by atoms with Gasteiger partial charge in [0.15, 0.2) is 0 Å². The van der Waals surface area contributed by atoms with Crippen molar-refractivity contribution in [3.63, 3.8) is 0 Å². The highest BCUT2D eigenvalue weighted by Gasteiger charge is 2.19. The molecule has 2 aromatic heterocycles. The monoisotopic (exact) mass is 364 g/mol. The van der Waals surface area contributed by atoms with E-state index in [2.05, 4.69) is 14.7 Å². The van der Waals surface area contributed by atoms with Gasteiger partial charge in [-0.2, -0.15) is 0 Å². The third-order valence-corrected chi connectivity index (χ3v) is 5.40. The molecule has 2 aromatic carbocycles. The molecule has 0 radical (unpaired) electrons. The molecule has 2 heterocycles. The van der Waals surface area contributed by atoms with E-state index in [4.69, 9.17) is 0 Å². The summed E-state index contributed by atoms with van der Waals surface area (Å²) in [5.74, 6) is 0.785. The van der Waals surface area contributed by atoms with Gasteiger partial charge in [0.1, 0.15) is 5.82 Å². The second kappa shape index (κ2) is 6.27. The van der Waals surface area contributed by atoms with Crippen molar-refractivity contribution in [2.24, 2.45) is 0 Å². The van der Waals surface area contributed by atoms with E-state index in [0.29, 0.717) is 11.8 Å². The standard InChI is InChI=1S/C19H16N4O2S/c1-14-7-9-16(10-8-14)26(24,25)22-18-13-15-5-2-3-6-17(15)23(18)19-20-11-4-12-21-19/h2-13,22H,1H3. The molecular weight excluding hydrogens is 348 g/mol. The van der Waals surface area contributed by atoms with E-state index in [1.807, 2.05) is 31.2 Å². The number of fused-ring (bicyclic) bond motifs is 1. The molecule has 7 heteroatoms. The third kappa shape index (κ3) is 2.93. The van der Waals surface area contributed by atoms with Crippen LogP contribution in [-0.4, -0.2) is 23.0 Å². The highest BCUT2D eigenvalue weighted by molar-refractivity contribution is 7.92. The Hall–Kier alpha value is -3.19. The predicted molar refractivity (Wildman–Crippen MR) is 101 cm³/mol. The third-order valence-electron chi connectivity index (χ3n) is 4.03. The Balaban J connectivity index is 1.85. The van der Waals surface area contributed by atoms with Crippen LogP contribution in [0.3, 0.4) is 0 Å². The Bertz CT molecular complexity index is 1170. The molecule has 6 nitrogen and oxygen atoms in total. The average molecular weight is 364 g/mol. The SMILES string of the molecule is Cc1ccc(S(=O)(=O)Nc2cc3ccccc3n2-c2ncccn2)cc1. The van der Waals surface area contributed by atoms with E-state index < -0.39 is 10.0 Å². The molecule has 26 heavy (non-hydrogen) atoms. The number of sulfonamides is 1. The lowest BCUT2D eigenvalue weighted by atomic mass is 10.2. The molecule has 0 atom stereocenters. The van der Waals surface area contributed by atoms with Crippen molar-refractivity contribution in [1.29, 1.82) is 0 Å². The van der Waals surface area contributed by atoms with E-state index >= 15 is 0 Å². The normalized spacial score (nSPS) is 11.6. The molecule has 4 aromatic rings. The van der Waals surface area contributed by atoms with Crippen LogP contribution in [0.1, 0.15) is 5.56 Å². The zero-order valence-electron chi connectivity index (χ0n) is 14.0. The maximum absolute atomic E-state index is 12.8. The summed E-state index contributed by atoms with van der Waals surface area (Å²) in [6, 6.07) is 17.8. The van der Waals surface area contributed by atoms with E-state index in [-0.39, 0.29) is 4.90 Å². The molecule has 0 fully saturated rings. The van der Waals surface area contributed by atoms with E-state index in [1.165, 1.54) is 0 Å². The van der Waals surface area contributed by atoms with Gasteiger partial charge in [-0.15, -0.1) is 0 Å². The van der Waals surface area contributed by atoms with E-state index in [9.17, 15) is 8.42 Å². The molecule has 0 saturated heterocycles. The number of aromatic nitrogens is 3. The fraction of sp³-hybridized carbons (Fsp3) is 0.0526. The van der Waals surface area contributed by atoms with Crippen molar-refractivity contribution >= 4 is 26.7 Å². The first kappa shape index (κ1) is 16.3. The van der Waals surface area contributed by atoms with Crippen LogP contribution in [-0.2, 0) is 10.0 Å². The van der Waals surface area contributed by atoms with Gasteiger partial charge in [-0.25, -0.2) is 18.4 Å². The number of aryl methyl sites for hydroxylation is 1. The van der Waals surface area contributed by atoms with Crippen LogP contribution in [0, 0.1) is 6.92 Å². The summed E-state index contributed by atoms with van der Waals surface area (Å²) in [4.78, 5) is 8.73. The van der Waals surface area contributed by atoms with Gasteiger partial charge in [0.05, 0.1) is 10.4 Å². The van der Waals surface area contributed by atoms with E-state index in [1.54, 1.807) is 53.4 Å². The molecule has 1 N–H and O–H groups in total. The molecule has 4 rings (SSSR count). The molecule has 0 unspecified atom stereocenters. The van der Waals surface area contributed by atoms with Gasteiger partial charge in [0.25, 0.3) is 10.0 Å². The molecule has 0 spiro atoms. The lowest BCUT2D eigenvalue weighted by Crippen LogP contribution is -2.16. The Morgan fingerprint density at radius 1 is 0.923 bits per heavy atom. The number of hydrogen-bond acceptors (Lipinski definition) is 4. The van der Waals surface area contributed by atoms with Gasteiger partial charge in [-0.05, 0) is 37.3 Å². The second-order valence-electron chi connectivity index (χ2n) is 5.89. The average Bonchev–Trinajstić information content (AvgIpc) is 3.00. The molecule has 0 amide bonds. The quantitative estimate of drug-likeness (QED) is 0.601. The molecule has 0 aliphatic heterocycles. The minimum absolute atomic E-state index is 0.203. The summed E-state index contributed by atoms with van der Waals surface area (Å²) >= 11 is 0. The second-order valence-corrected chi connectivity index (χ2v) is 7.57. The summed E-state index contributed by atoms with van der Waals surface area (Å²) in [5, 5.41) is 0.890. The van der Waals surface area contributed by atoms with Gasteiger partial charge in [0, 0.05) is 17.8 Å². The number of nitrogens with zero attached hydrogens (tertiary/aromatic N) is 3. The number of rotatable bonds is 4. The molecule has 0 bridgehead atoms. The molecule has 0 aliphatic carbocycles. The van der Waals surface area contributed by atoms with Crippen molar-refractivity contribution in [3.05, 3.63) is 78.6 Å². The summed E-state index contributed by atoms with van der Waals surface area (Å²) < 4.78 is 30.0. The zero-order valence-corrected chi connectivity index (χ0v) is 14.8. The van der Waals surface area contributed by atoms with Crippen LogP contribution in [0.25, 0.3) is 16.9 Å². The van der Waals surface area contributed by atoms with Crippen molar-refractivity contribution in [2.75, 3.05) is 4.72 Å². The first-order chi connectivity index (χ1) is 12.5. The van der Waals surface area contributed by atoms with E-state index in [0.717, 1.165) is 16.5 Å². The number of para-hydroxylation sites is 1. The number of anilines is 1. The lowest BCUT2D eigenvalue weighted by Gasteiger charge is -2.11. The van der Waals surface area contributed by atoms with Crippen LogP contribution >= 0.6 is 0 Å². The van der Waals surface area contributed by atoms with Gasteiger partial charge in [-0.1, -0.05) is 35.9 Å². The highest BCUT2D eigenvalue weighted by Crippen LogP contribution is 2.28. The van der Waals surface area contributed by atoms with Gasteiger partial charge in [0.2, 0.25) is 5.95 Å². The largest absolute Gasteiger partial charge is 0.264 e. The van der Waals surface area contributed by atoms with Crippen LogP contribution in [0.2, 0.25) is 0 Å². The first-order valence-electron chi connectivity index (χ1n) is 8.02. The smallest absolute Gasteiger partial charge is 0.263 e. The minimum Gasteiger partial charge on any atom is -0.264 e. The van der Waals surface area contributed by atoms with Crippen LogP contribution in [0.4, 0.5) is 5.82 Å². The number of nitrogens with one attached hydrogen (secondary N) is 1. The maximum atomic E-state index is 12.8. The van der Waals surface area contributed by atoms with Crippen molar-refractivity contribution in [3.8, 4) is 5.95 Å². The van der Waals surface area contributed by atoms with Crippen LogP contribution < -0.4 is 4.72 Å². The van der Waals surface area contributed by atoms with Crippen LogP contribution in [0.15, 0.2) is 78.0 Å².